The maximum atomic E-state index is 6.19. The zero-order valence-electron chi connectivity index (χ0n) is 24.9. The molecule has 0 saturated heterocycles. The van der Waals surface area contributed by atoms with E-state index in [0.29, 0.717) is 34.8 Å². The molecule has 1 N–H and O–H groups in total. The number of benzene rings is 1. The standard InChI is InChI=1S/C21H20N4O2S.C12H8ClN3S/c1-13-12-28-21-18(13)20(24-19(25-21)15-6-4-5-9-22-15)23-11-14-7-8-16(26-2)17(10-14)27-3;1-7-6-17-12-9(7)10(13)15-11(16-12)8-4-2-3-5-14-8/h4-10,12H,11H2,1-3H3,(H,23,24,25);2-6H,1H3. The lowest BCUT2D eigenvalue weighted by molar-refractivity contribution is 0.354. The Bertz CT molecular complexity index is 2090. The molecule has 0 saturated carbocycles. The van der Waals surface area contributed by atoms with Crippen molar-refractivity contribution >= 4 is 60.5 Å². The number of hydrogen-bond acceptors (Lipinski definition) is 11. The van der Waals surface area contributed by atoms with Gasteiger partial charge in [0.15, 0.2) is 23.1 Å². The van der Waals surface area contributed by atoms with Crippen molar-refractivity contribution in [2.75, 3.05) is 19.5 Å². The molecule has 0 aliphatic heterocycles. The largest absolute Gasteiger partial charge is 0.493 e. The first kappa shape index (κ1) is 30.3. The van der Waals surface area contributed by atoms with Crippen LogP contribution in [0.25, 0.3) is 43.5 Å². The third-order valence-corrected chi connectivity index (χ3v) is 9.14. The zero-order chi connectivity index (χ0) is 31.3. The van der Waals surface area contributed by atoms with Crippen molar-refractivity contribution in [3.05, 3.63) is 99.6 Å². The van der Waals surface area contributed by atoms with Gasteiger partial charge in [-0.3, -0.25) is 9.97 Å². The van der Waals surface area contributed by atoms with Crippen LogP contribution in [0.15, 0.2) is 77.8 Å². The number of aromatic nitrogens is 6. The average Bonchev–Trinajstić information content (AvgIpc) is 3.66. The highest BCUT2D eigenvalue weighted by Crippen LogP contribution is 2.33. The van der Waals surface area contributed by atoms with E-state index in [2.05, 4.69) is 37.6 Å². The van der Waals surface area contributed by atoms with E-state index >= 15 is 0 Å². The van der Waals surface area contributed by atoms with Gasteiger partial charge in [-0.2, -0.15) is 0 Å². The van der Waals surface area contributed by atoms with Gasteiger partial charge in [-0.15, -0.1) is 22.7 Å². The fraction of sp³-hybridized carbons (Fsp3) is 0.152. The number of methoxy groups -OCH3 is 2. The van der Waals surface area contributed by atoms with E-state index < -0.39 is 0 Å². The molecule has 9 nitrogen and oxygen atoms in total. The summed E-state index contributed by atoms with van der Waals surface area (Å²) in [5.74, 6) is 3.41. The number of ether oxygens (including phenoxy) is 2. The Balaban J connectivity index is 0.000000179. The highest BCUT2D eigenvalue weighted by Gasteiger charge is 2.15. The minimum absolute atomic E-state index is 0.495. The molecule has 0 aliphatic rings. The molecule has 7 aromatic rings. The fourth-order valence-corrected chi connectivity index (χ4v) is 6.86. The van der Waals surface area contributed by atoms with E-state index in [0.717, 1.165) is 54.3 Å². The van der Waals surface area contributed by atoms with Crippen LogP contribution in [0.4, 0.5) is 5.82 Å². The van der Waals surface area contributed by atoms with E-state index in [1.165, 1.54) is 0 Å². The van der Waals surface area contributed by atoms with Crippen LogP contribution in [-0.2, 0) is 6.54 Å². The molecule has 1 aromatic carbocycles. The number of pyridine rings is 2. The molecular weight excluding hydrogens is 626 g/mol. The van der Waals surface area contributed by atoms with Crippen molar-refractivity contribution in [3.8, 4) is 34.5 Å². The van der Waals surface area contributed by atoms with E-state index in [1.807, 2.05) is 66.9 Å². The van der Waals surface area contributed by atoms with Gasteiger partial charge in [0.1, 0.15) is 32.0 Å². The van der Waals surface area contributed by atoms with Crippen molar-refractivity contribution in [2.24, 2.45) is 0 Å². The molecule has 6 aromatic heterocycles. The highest BCUT2D eigenvalue weighted by atomic mass is 35.5. The van der Waals surface area contributed by atoms with Gasteiger partial charge in [0.2, 0.25) is 0 Å². The number of hydrogen-bond donors (Lipinski definition) is 1. The lowest BCUT2D eigenvalue weighted by Crippen LogP contribution is -2.05. The van der Waals surface area contributed by atoms with Crippen LogP contribution in [0.5, 0.6) is 11.5 Å². The second-order valence-electron chi connectivity index (χ2n) is 9.90. The van der Waals surface area contributed by atoms with Crippen molar-refractivity contribution in [1.82, 2.24) is 29.9 Å². The van der Waals surface area contributed by atoms with Crippen molar-refractivity contribution in [2.45, 2.75) is 20.4 Å². The molecular formula is C33H28ClN7O2S2. The van der Waals surface area contributed by atoms with Gasteiger partial charge >= 0.3 is 0 Å². The van der Waals surface area contributed by atoms with Gasteiger partial charge in [-0.05, 0) is 77.7 Å². The number of aryl methyl sites for hydroxylation is 2. The Morgan fingerprint density at radius 1 is 0.711 bits per heavy atom. The van der Waals surface area contributed by atoms with Crippen LogP contribution >= 0.6 is 34.3 Å². The average molecular weight is 654 g/mol. The van der Waals surface area contributed by atoms with Crippen LogP contribution in [0.2, 0.25) is 5.15 Å². The van der Waals surface area contributed by atoms with Crippen LogP contribution in [0.3, 0.4) is 0 Å². The van der Waals surface area contributed by atoms with E-state index in [9.17, 15) is 0 Å². The number of thiophene rings is 2. The summed E-state index contributed by atoms with van der Waals surface area (Å²) in [5.41, 5.74) is 4.83. The maximum Gasteiger partial charge on any atom is 0.181 e. The van der Waals surface area contributed by atoms with Crippen LogP contribution in [0.1, 0.15) is 16.7 Å². The molecule has 0 spiro atoms. The number of anilines is 1. The minimum Gasteiger partial charge on any atom is -0.493 e. The molecule has 0 fully saturated rings. The van der Waals surface area contributed by atoms with Crippen LogP contribution in [0, 0.1) is 13.8 Å². The molecule has 12 heteroatoms. The first-order valence-electron chi connectivity index (χ1n) is 13.9. The van der Waals surface area contributed by atoms with E-state index in [4.69, 9.17) is 31.0 Å². The van der Waals surface area contributed by atoms with Crippen molar-refractivity contribution < 1.29 is 9.47 Å². The topological polar surface area (TPSA) is 108 Å². The Labute approximate surface area is 273 Å². The molecule has 0 atom stereocenters. The molecule has 45 heavy (non-hydrogen) atoms. The number of fused-ring (bicyclic) bond motifs is 2. The molecule has 7 rings (SSSR count). The zero-order valence-corrected chi connectivity index (χ0v) is 27.3. The fourth-order valence-electron chi connectivity index (χ4n) is 4.64. The molecule has 0 aliphatic carbocycles. The second kappa shape index (κ2) is 13.5. The first-order chi connectivity index (χ1) is 21.9. The third kappa shape index (κ3) is 6.56. The lowest BCUT2D eigenvalue weighted by Gasteiger charge is -2.12. The van der Waals surface area contributed by atoms with Gasteiger partial charge in [0, 0.05) is 18.9 Å². The number of nitrogens with zero attached hydrogens (tertiary/aromatic N) is 6. The Morgan fingerprint density at radius 3 is 1.91 bits per heavy atom. The van der Waals surface area contributed by atoms with Crippen LogP contribution in [-0.4, -0.2) is 44.1 Å². The number of halogens is 1. The van der Waals surface area contributed by atoms with Gasteiger partial charge in [0.05, 0.1) is 25.0 Å². The normalized spacial score (nSPS) is 10.9. The Hall–Kier alpha value is -4.71. The summed E-state index contributed by atoms with van der Waals surface area (Å²) in [6.07, 6.45) is 3.47. The lowest BCUT2D eigenvalue weighted by atomic mass is 10.2. The molecule has 0 radical (unpaired) electrons. The minimum atomic E-state index is 0.495. The molecule has 0 bridgehead atoms. The number of nitrogens with one attached hydrogen (secondary N) is 1. The summed E-state index contributed by atoms with van der Waals surface area (Å²) in [6.45, 7) is 4.68. The summed E-state index contributed by atoms with van der Waals surface area (Å²) in [5, 5.41) is 10.1. The van der Waals surface area contributed by atoms with E-state index in [-0.39, 0.29) is 0 Å². The summed E-state index contributed by atoms with van der Waals surface area (Å²) in [6, 6.07) is 17.2. The molecule has 226 valence electrons. The predicted octanol–water partition coefficient (Wildman–Crippen LogP) is 8.41. The summed E-state index contributed by atoms with van der Waals surface area (Å²) in [4.78, 5) is 28.7. The van der Waals surface area contributed by atoms with E-state index in [1.54, 1.807) is 49.3 Å². The van der Waals surface area contributed by atoms with Gasteiger partial charge < -0.3 is 14.8 Å². The third-order valence-electron chi connectivity index (χ3n) is 6.89. The second-order valence-corrected chi connectivity index (χ2v) is 12.0. The summed E-state index contributed by atoms with van der Waals surface area (Å²) < 4.78 is 10.7. The molecule has 0 amide bonds. The van der Waals surface area contributed by atoms with Gasteiger partial charge in [0.25, 0.3) is 0 Å². The smallest absolute Gasteiger partial charge is 0.181 e. The summed E-state index contributed by atoms with van der Waals surface area (Å²) >= 11 is 9.37. The van der Waals surface area contributed by atoms with Crippen LogP contribution < -0.4 is 14.8 Å². The first-order valence-corrected chi connectivity index (χ1v) is 16.0. The maximum absolute atomic E-state index is 6.19. The Kier molecular flexibility index (Phi) is 9.11. The SMILES string of the molecule is COc1ccc(CNc2nc(-c3ccccn3)nc3scc(C)c23)cc1OC.Cc1csc2nc(-c3ccccn3)nc(Cl)c12. The van der Waals surface area contributed by atoms with Gasteiger partial charge in [-0.25, -0.2) is 19.9 Å². The quantitative estimate of drug-likeness (QED) is 0.170. The molecule has 6 heterocycles. The van der Waals surface area contributed by atoms with Gasteiger partial charge in [-0.1, -0.05) is 29.8 Å². The molecule has 0 unspecified atom stereocenters. The summed E-state index contributed by atoms with van der Waals surface area (Å²) in [7, 11) is 3.27. The van der Waals surface area contributed by atoms with Crippen molar-refractivity contribution in [3.63, 3.8) is 0 Å². The monoisotopic (exact) mass is 653 g/mol. The predicted molar refractivity (Wildman–Crippen MR) is 183 cm³/mol. The van der Waals surface area contributed by atoms with Crippen molar-refractivity contribution in [1.29, 1.82) is 0 Å². The highest BCUT2D eigenvalue weighted by molar-refractivity contribution is 7.17. The number of rotatable bonds is 7. The Morgan fingerprint density at radius 2 is 1.31 bits per heavy atom.